The first-order chi connectivity index (χ1) is 14.5. The van der Waals surface area contributed by atoms with Gasteiger partial charge in [0.25, 0.3) is 5.91 Å². The number of nitrogens with zero attached hydrogens (tertiary/aromatic N) is 4. The van der Waals surface area contributed by atoms with E-state index in [0.717, 1.165) is 58.5 Å². The summed E-state index contributed by atoms with van der Waals surface area (Å²) in [5.41, 5.74) is 5.89. The predicted octanol–water partition coefficient (Wildman–Crippen LogP) is 4.44. The van der Waals surface area contributed by atoms with Crippen LogP contribution in [0.4, 0.5) is 0 Å². The van der Waals surface area contributed by atoms with Crippen LogP contribution in [0.5, 0.6) is 0 Å². The standard InChI is InChI=1S/C23H27N5OS/c1-15-11-17(3)26-21(15)22(29)28-10-6-7-18(13-28)20-16(2)12-25-23(27-20)30-14-19-8-4-5-9-24-19/h4-5,8-9,11-12,18,26H,6-7,10,13-14H2,1-3H3/t18-/m0/s1. The summed E-state index contributed by atoms with van der Waals surface area (Å²) in [5, 5.41) is 0.764. The molecule has 30 heavy (non-hydrogen) atoms. The van der Waals surface area contributed by atoms with E-state index in [1.54, 1.807) is 18.0 Å². The summed E-state index contributed by atoms with van der Waals surface area (Å²) < 4.78 is 0. The fourth-order valence-corrected chi connectivity index (χ4v) is 4.77. The van der Waals surface area contributed by atoms with Crippen molar-refractivity contribution in [2.24, 2.45) is 0 Å². The molecule has 156 valence electrons. The van der Waals surface area contributed by atoms with Crippen LogP contribution in [0.15, 0.2) is 41.8 Å². The number of aryl methyl sites for hydroxylation is 3. The van der Waals surface area contributed by atoms with Crippen LogP contribution in [-0.4, -0.2) is 43.8 Å². The Hall–Kier alpha value is -2.67. The Morgan fingerprint density at radius 2 is 2.10 bits per heavy atom. The molecule has 0 unspecified atom stereocenters. The molecule has 0 spiro atoms. The lowest BCUT2D eigenvalue weighted by atomic mass is 9.92. The number of aromatic nitrogens is 4. The molecular formula is C23H27N5OS. The van der Waals surface area contributed by atoms with Crippen molar-refractivity contribution in [2.45, 2.75) is 50.4 Å². The number of aromatic amines is 1. The smallest absolute Gasteiger partial charge is 0.270 e. The summed E-state index contributed by atoms with van der Waals surface area (Å²) in [4.78, 5) is 32.0. The van der Waals surface area contributed by atoms with Crippen LogP contribution in [-0.2, 0) is 5.75 Å². The molecule has 7 heteroatoms. The van der Waals surface area contributed by atoms with E-state index < -0.39 is 0 Å². The van der Waals surface area contributed by atoms with Gasteiger partial charge in [0.15, 0.2) is 5.16 Å². The highest BCUT2D eigenvalue weighted by atomic mass is 32.2. The molecule has 4 rings (SSSR count). The molecule has 1 amide bonds. The van der Waals surface area contributed by atoms with Gasteiger partial charge in [0.2, 0.25) is 0 Å². The lowest BCUT2D eigenvalue weighted by Crippen LogP contribution is -2.40. The molecule has 0 aliphatic carbocycles. The second-order valence-corrected chi connectivity index (χ2v) is 8.87. The number of likely N-dealkylation sites (tertiary alicyclic amines) is 1. The molecule has 0 saturated carbocycles. The predicted molar refractivity (Wildman–Crippen MR) is 119 cm³/mol. The van der Waals surface area contributed by atoms with Gasteiger partial charge in [0.05, 0.1) is 11.4 Å². The van der Waals surface area contributed by atoms with E-state index in [2.05, 4.69) is 21.9 Å². The first kappa shape index (κ1) is 20.6. The van der Waals surface area contributed by atoms with Gasteiger partial charge in [0, 0.05) is 42.8 Å². The normalized spacial score (nSPS) is 16.6. The Morgan fingerprint density at radius 1 is 1.23 bits per heavy atom. The number of hydrogen-bond acceptors (Lipinski definition) is 5. The van der Waals surface area contributed by atoms with Gasteiger partial charge in [-0.1, -0.05) is 17.8 Å². The van der Waals surface area contributed by atoms with Crippen molar-refractivity contribution in [2.75, 3.05) is 13.1 Å². The van der Waals surface area contributed by atoms with Crippen molar-refractivity contribution in [3.05, 3.63) is 70.6 Å². The largest absolute Gasteiger partial charge is 0.354 e. The molecule has 3 aromatic rings. The van der Waals surface area contributed by atoms with Gasteiger partial charge >= 0.3 is 0 Å². The Bertz CT molecular complexity index is 1030. The zero-order chi connectivity index (χ0) is 21.1. The Morgan fingerprint density at radius 3 is 2.83 bits per heavy atom. The number of hydrogen-bond donors (Lipinski definition) is 1. The average molecular weight is 422 g/mol. The number of carbonyl (C=O) groups is 1. The Labute approximate surface area is 181 Å². The van der Waals surface area contributed by atoms with E-state index in [0.29, 0.717) is 12.2 Å². The van der Waals surface area contributed by atoms with Crippen molar-refractivity contribution < 1.29 is 4.79 Å². The summed E-state index contributed by atoms with van der Waals surface area (Å²) in [6.45, 7) is 7.51. The molecule has 6 nitrogen and oxygen atoms in total. The quantitative estimate of drug-likeness (QED) is 0.487. The fraction of sp³-hybridized carbons (Fsp3) is 0.391. The van der Waals surface area contributed by atoms with E-state index in [1.165, 1.54) is 0 Å². The van der Waals surface area contributed by atoms with Gasteiger partial charge in [-0.2, -0.15) is 0 Å². The molecular weight excluding hydrogens is 394 g/mol. The zero-order valence-corrected chi connectivity index (χ0v) is 18.5. The highest BCUT2D eigenvalue weighted by Crippen LogP contribution is 2.30. The van der Waals surface area contributed by atoms with E-state index in [4.69, 9.17) is 4.98 Å². The highest BCUT2D eigenvalue weighted by Gasteiger charge is 2.29. The molecule has 1 aliphatic rings. The minimum Gasteiger partial charge on any atom is -0.354 e. The molecule has 0 bridgehead atoms. The van der Waals surface area contributed by atoms with E-state index in [-0.39, 0.29) is 11.8 Å². The molecule has 1 saturated heterocycles. The fourth-order valence-electron chi connectivity index (χ4n) is 4.04. The minimum atomic E-state index is 0.0850. The summed E-state index contributed by atoms with van der Waals surface area (Å²) in [6, 6.07) is 7.94. The van der Waals surface area contributed by atoms with E-state index >= 15 is 0 Å². The van der Waals surface area contributed by atoms with Crippen LogP contribution in [0.25, 0.3) is 0 Å². The lowest BCUT2D eigenvalue weighted by Gasteiger charge is -2.33. The molecule has 0 radical (unpaired) electrons. The SMILES string of the molecule is Cc1cc(C)c(C(=O)N2CCC[C@H](c3nc(SCc4ccccn4)ncc3C)C2)[nH]1. The van der Waals surface area contributed by atoms with E-state index in [9.17, 15) is 4.79 Å². The lowest BCUT2D eigenvalue weighted by molar-refractivity contribution is 0.0699. The van der Waals surface area contributed by atoms with Crippen LogP contribution < -0.4 is 0 Å². The summed E-state index contributed by atoms with van der Waals surface area (Å²) in [5.74, 6) is 1.06. The maximum Gasteiger partial charge on any atom is 0.270 e. The molecule has 4 heterocycles. The highest BCUT2D eigenvalue weighted by molar-refractivity contribution is 7.98. The van der Waals surface area contributed by atoms with Crippen LogP contribution >= 0.6 is 11.8 Å². The van der Waals surface area contributed by atoms with Gasteiger partial charge in [-0.05, 0) is 62.9 Å². The number of amides is 1. The van der Waals surface area contributed by atoms with Crippen molar-refractivity contribution in [1.82, 2.24) is 24.8 Å². The van der Waals surface area contributed by atoms with Gasteiger partial charge in [-0.25, -0.2) is 9.97 Å². The molecule has 3 aromatic heterocycles. The van der Waals surface area contributed by atoms with Crippen molar-refractivity contribution in [1.29, 1.82) is 0 Å². The van der Waals surface area contributed by atoms with Gasteiger partial charge in [-0.15, -0.1) is 0 Å². The third-order valence-electron chi connectivity index (χ3n) is 5.52. The van der Waals surface area contributed by atoms with E-state index in [1.807, 2.05) is 49.2 Å². The monoisotopic (exact) mass is 421 g/mol. The second-order valence-electron chi connectivity index (χ2n) is 7.93. The number of carbonyl (C=O) groups excluding carboxylic acids is 1. The molecule has 1 N–H and O–H groups in total. The first-order valence-corrected chi connectivity index (χ1v) is 11.3. The van der Waals surface area contributed by atoms with Crippen molar-refractivity contribution in [3.8, 4) is 0 Å². The zero-order valence-electron chi connectivity index (χ0n) is 17.7. The summed E-state index contributed by atoms with van der Waals surface area (Å²) in [7, 11) is 0. The van der Waals surface area contributed by atoms with Crippen molar-refractivity contribution >= 4 is 17.7 Å². The van der Waals surface area contributed by atoms with Crippen LogP contribution in [0.2, 0.25) is 0 Å². The summed E-state index contributed by atoms with van der Waals surface area (Å²) >= 11 is 1.60. The number of H-pyrrole nitrogens is 1. The third kappa shape index (κ3) is 4.56. The van der Waals surface area contributed by atoms with Gasteiger partial charge < -0.3 is 9.88 Å². The maximum atomic E-state index is 13.1. The summed E-state index contributed by atoms with van der Waals surface area (Å²) in [6.07, 6.45) is 5.73. The molecule has 1 aliphatic heterocycles. The molecule has 1 atom stereocenters. The Balaban J connectivity index is 1.48. The first-order valence-electron chi connectivity index (χ1n) is 10.3. The number of nitrogens with one attached hydrogen (secondary N) is 1. The van der Waals surface area contributed by atoms with Crippen LogP contribution in [0.3, 0.4) is 0 Å². The second kappa shape index (κ2) is 9.00. The average Bonchev–Trinajstić information content (AvgIpc) is 3.11. The number of thioether (sulfide) groups is 1. The number of piperidine rings is 1. The van der Waals surface area contributed by atoms with Crippen molar-refractivity contribution in [3.63, 3.8) is 0 Å². The molecule has 1 fully saturated rings. The molecule has 0 aromatic carbocycles. The van der Waals surface area contributed by atoms with Gasteiger partial charge in [0.1, 0.15) is 5.69 Å². The van der Waals surface area contributed by atoms with Gasteiger partial charge in [-0.3, -0.25) is 9.78 Å². The topological polar surface area (TPSA) is 74.8 Å². The van der Waals surface area contributed by atoms with Crippen LogP contribution in [0.1, 0.15) is 57.5 Å². The number of rotatable bonds is 5. The third-order valence-corrected chi connectivity index (χ3v) is 6.42. The maximum absolute atomic E-state index is 13.1. The minimum absolute atomic E-state index is 0.0850. The number of pyridine rings is 1. The van der Waals surface area contributed by atoms with Crippen LogP contribution in [0, 0.1) is 20.8 Å². The Kier molecular flexibility index (Phi) is 6.18.